The Morgan fingerprint density at radius 1 is 1.13 bits per heavy atom. The Hall–Kier alpha value is -2.53. The second-order valence-corrected chi connectivity index (χ2v) is 11.2. The zero-order valence-electron chi connectivity index (χ0n) is 24.0. The average molecular weight is 548 g/mol. The van der Waals surface area contributed by atoms with E-state index in [-0.39, 0.29) is 72.3 Å². The van der Waals surface area contributed by atoms with Crippen molar-refractivity contribution >= 4 is 17.8 Å². The summed E-state index contributed by atoms with van der Waals surface area (Å²) in [6.07, 6.45) is 11.7. The molecule has 39 heavy (non-hydrogen) atoms. The van der Waals surface area contributed by atoms with Crippen LogP contribution >= 0.6 is 0 Å². The molecule has 10 heteroatoms. The second-order valence-electron chi connectivity index (χ2n) is 11.2. The number of nitrogens with one attached hydrogen (secondary N) is 2. The standard InChI is InChI=1S/C29H45N3O7/c1-17(7-10-23-15-29(21(5)39-29)16-24(38-23)14-28(35)32-30)8-11-26-18(2)13-25(20(4)37-26)31-27(34)12-9-19(3)36-22(6)33/h7-10,12,18-21,23-26H,11,13-16,30H2,1-6H3,(H,31,34)(H,32,35)/b10-7+,12-9-,17-8+/t18-,19-,20+,21+,23+,24+,25+,26-,29+/m0/s1. The van der Waals surface area contributed by atoms with Crippen LogP contribution in [0.15, 0.2) is 36.0 Å². The van der Waals surface area contributed by atoms with Gasteiger partial charge >= 0.3 is 5.97 Å². The Morgan fingerprint density at radius 2 is 1.85 bits per heavy atom. The average Bonchev–Trinajstić information content (AvgIpc) is 3.47. The fourth-order valence-corrected chi connectivity index (χ4v) is 5.50. The SMILES string of the molecule is CC(=O)O[C@@H](C)/C=C\C(=O)N[C@@H]1C[C@H](C)[C@H](C/C=C(C)/C=C/[C@@H]2C[C@]3(C[C@@H](CC(=O)NN)O2)O[C@@H]3C)O[C@@H]1C. The molecule has 3 heterocycles. The topological polar surface area (TPSA) is 142 Å². The maximum atomic E-state index is 12.3. The van der Waals surface area contributed by atoms with E-state index in [1.807, 2.05) is 19.9 Å². The molecule has 9 atom stereocenters. The van der Waals surface area contributed by atoms with Crippen LogP contribution in [0.4, 0.5) is 0 Å². The number of allylic oxidation sites excluding steroid dienone is 2. The van der Waals surface area contributed by atoms with Crippen LogP contribution in [0.1, 0.15) is 73.6 Å². The highest BCUT2D eigenvalue weighted by molar-refractivity contribution is 5.87. The maximum Gasteiger partial charge on any atom is 0.303 e. The predicted molar refractivity (Wildman–Crippen MR) is 146 cm³/mol. The van der Waals surface area contributed by atoms with E-state index in [4.69, 9.17) is 24.8 Å². The Morgan fingerprint density at radius 3 is 2.49 bits per heavy atom. The largest absolute Gasteiger partial charge is 0.459 e. The van der Waals surface area contributed by atoms with Crippen molar-refractivity contribution in [2.24, 2.45) is 11.8 Å². The summed E-state index contributed by atoms with van der Waals surface area (Å²) in [4.78, 5) is 35.1. The summed E-state index contributed by atoms with van der Waals surface area (Å²) in [6, 6.07) is -0.0977. The molecular formula is C29H45N3O7. The van der Waals surface area contributed by atoms with Gasteiger partial charge in [0, 0.05) is 25.8 Å². The van der Waals surface area contributed by atoms with Crippen molar-refractivity contribution in [2.75, 3.05) is 0 Å². The van der Waals surface area contributed by atoms with Crippen molar-refractivity contribution in [1.29, 1.82) is 0 Å². The molecule has 0 aliphatic carbocycles. The number of hydrogen-bond acceptors (Lipinski definition) is 8. The van der Waals surface area contributed by atoms with Crippen molar-refractivity contribution in [2.45, 2.75) is 122 Å². The van der Waals surface area contributed by atoms with Gasteiger partial charge in [-0.1, -0.05) is 30.7 Å². The number of ether oxygens (including phenoxy) is 4. The zero-order valence-corrected chi connectivity index (χ0v) is 24.0. The summed E-state index contributed by atoms with van der Waals surface area (Å²) >= 11 is 0. The summed E-state index contributed by atoms with van der Waals surface area (Å²) in [6.45, 7) is 11.3. The van der Waals surface area contributed by atoms with Crippen molar-refractivity contribution in [1.82, 2.24) is 10.7 Å². The van der Waals surface area contributed by atoms with Gasteiger partial charge in [-0.25, -0.2) is 5.84 Å². The lowest BCUT2D eigenvalue weighted by molar-refractivity contribution is -0.143. The number of amides is 2. The first-order chi connectivity index (χ1) is 18.4. The molecule has 10 nitrogen and oxygen atoms in total. The van der Waals surface area contributed by atoms with E-state index in [1.54, 1.807) is 13.0 Å². The minimum Gasteiger partial charge on any atom is -0.459 e. The molecule has 1 spiro atoms. The van der Waals surface area contributed by atoms with Crippen molar-refractivity contribution in [3.05, 3.63) is 36.0 Å². The van der Waals surface area contributed by atoms with Crippen LogP contribution in [-0.2, 0) is 33.3 Å². The van der Waals surface area contributed by atoms with Gasteiger partial charge in [-0.15, -0.1) is 0 Å². The van der Waals surface area contributed by atoms with Crippen molar-refractivity contribution in [3.8, 4) is 0 Å². The molecule has 0 bridgehead atoms. The van der Waals surface area contributed by atoms with E-state index in [2.05, 4.69) is 36.7 Å². The molecule has 3 rings (SSSR count). The predicted octanol–water partition coefficient (Wildman–Crippen LogP) is 2.77. The fourth-order valence-electron chi connectivity index (χ4n) is 5.50. The van der Waals surface area contributed by atoms with Gasteiger partial charge in [0.05, 0.1) is 48.6 Å². The molecule has 0 aromatic carbocycles. The van der Waals surface area contributed by atoms with Gasteiger partial charge in [0.1, 0.15) is 6.10 Å². The zero-order chi connectivity index (χ0) is 28.7. The molecular weight excluding hydrogens is 502 g/mol. The minimum atomic E-state index is -0.462. The maximum absolute atomic E-state index is 12.3. The van der Waals surface area contributed by atoms with Crippen LogP contribution in [0.3, 0.4) is 0 Å². The molecule has 3 fully saturated rings. The third-order valence-corrected chi connectivity index (χ3v) is 7.82. The number of carbonyl (C=O) groups excluding carboxylic acids is 3. The third-order valence-electron chi connectivity index (χ3n) is 7.82. The Labute approximate surface area is 231 Å². The van der Waals surface area contributed by atoms with Gasteiger partial charge in [-0.05, 0) is 52.5 Å². The van der Waals surface area contributed by atoms with Crippen LogP contribution in [-0.4, -0.2) is 66.1 Å². The molecule has 4 N–H and O–H groups in total. The lowest BCUT2D eigenvalue weighted by atomic mass is 9.87. The number of nitrogens with two attached hydrogens (primary N) is 1. The Balaban J connectivity index is 1.48. The van der Waals surface area contributed by atoms with E-state index < -0.39 is 6.10 Å². The second kappa shape index (κ2) is 13.7. The number of esters is 1. The van der Waals surface area contributed by atoms with Crippen LogP contribution in [0.5, 0.6) is 0 Å². The lowest BCUT2D eigenvalue weighted by Gasteiger charge is -2.39. The Kier molecular flexibility index (Phi) is 10.9. The molecule has 0 unspecified atom stereocenters. The van der Waals surface area contributed by atoms with Gasteiger partial charge in [-0.3, -0.25) is 19.8 Å². The molecule has 0 aromatic heterocycles. The quantitative estimate of drug-likeness (QED) is 0.0721. The van der Waals surface area contributed by atoms with E-state index in [9.17, 15) is 14.4 Å². The van der Waals surface area contributed by atoms with Crippen LogP contribution in [0.2, 0.25) is 0 Å². The summed E-state index contributed by atoms with van der Waals surface area (Å²) in [5.74, 6) is 4.65. The summed E-state index contributed by atoms with van der Waals surface area (Å²) in [5, 5.41) is 3.01. The lowest BCUT2D eigenvalue weighted by Crippen LogP contribution is -2.50. The first-order valence-corrected chi connectivity index (χ1v) is 13.9. The third kappa shape index (κ3) is 9.27. The summed E-state index contributed by atoms with van der Waals surface area (Å²) < 4.78 is 23.3. The molecule has 218 valence electrons. The molecule has 3 saturated heterocycles. The monoisotopic (exact) mass is 547 g/mol. The van der Waals surface area contributed by atoms with Gasteiger partial charge in [-0.2, -0.15) is 0 Å². The number of epoxide rings is 1. The molecule has 3 aliphatic heterocycles. The van der Waals surface area contributed by atoms with Crippen LogP contribution in [0.25, 0.3) is 0 Å². The molecule has 0 saturated carbocycles. The number of hydrogen-bond donors (Lipinski definition) is 3. The van der Waals surface area contributed by atoms with Gasteiger partial charge < -0.3 is 24.3 Å². The minimum absolute atomic E-state index is 0.0464. The van der Waals surface area contributed by atoms with Crippen molar-refractivity contribution in [3.63, 3.8) is 0 Å². The van der Waals surface area contributed by atoms with Gasteiger partial charge in [0.2, 0.25) is 11.8 Å². The van der Waals surface area contributed by atoms with E-state index in [1.165, 1.54) is 13.0 Å². The van der Waals surface area contributed by atoms with Gasteiger partial charge in [0.15, 0.2) is 0 Å². The highest BCUT2D eigenvalue weighted by Crippen LogP contribution is 2.48. The number of carbonyl (C=O) groups is 3. The van der Waals surface area contributed by atoms with Crippen LogP contribution < -0.4 is 16.6 Å². The molecule has 0 radical (unpaired) electrons. The number of rotatable bonds is 10. The van der Waals surface area contributed by atoms with E-state index in [0.29, 0.717) is 6.42 Å². The summed E-state index contributed by atoms with van der Waals surface area (Å²) in [5.41, 5.74) is 3.07. The molecule has 2 amide bonds. The fraction of sp³-hybridized carbons (Fsp3) is 0.690. The first kappa shape index (κ1) is 31.0. The highest BCUT2D eigenvalue weighted by Gasteiger charge is 2.57. The van der Waals surface area contributed by atoms with E-state index >= 15 is 0 Å². The van der Waals surface area contributed by atoms with E-state index in [0.717, 1.165) is 24.8 Å². The van der Waals surface area contributed by atoms with Crippen molar-refractivity contribution < 1.29 is 33.3 Å². The molecule has 3 aliphatic rings. The Bertz CT molecular complexity index is 980. The van der Waals surface area contributed by atoms with Crippen LogP contribution in [0, 0.1) is 5.92 Å². The first-order valence-electron chi connectivity index (χ1n) is 13.9. The highest BCUT2D eigenvalue weighted by atomic mass is 16.6. The molecule has 0 aromatic rings. The summed E-state index contributed by atoms with van der Waals surface area (Å²) in [7, 11) is 0. The van der Waals surface area contributed by atoms with Gasteiger partial charge in [0.25, 0.3) is 0 Å². The smallest absolute Gasteiger partial charge is 0.303 e. The number of hydrazine groups is 1. The normalized spacial score (nSPS) is 35.7.